The first kappa shape index (κ1) is 14.5. The Morgan fingerprint density at radius 2 is 2.05 bits per heavy atom. The maximum atomic E-state index is 12.7. The molecule has 1 aliphatic heterocycles. The van der Waals surface area contributed by atoms with Gasteiger partial charge < -0.3 is 4.90 Å². The SMILES string of the molecule is O=C1CC(CCl)CN1c1cccc(C(F)(F)F)c1Cl. The number of carbonyl (C=O) groups excluding carboxylic acids is 1. The zero-order chi connectivity index (χ0) is 14.2. The standard InChI is InChI=1S/C12H10Cl2F3NO/c13-5-7-4-10(19)18(6-7)9-3-1-2-8(11(9)14)12(15,16)17/h1-3,7H,4-6H2. The van der Waals surface area contributed by atoms with E-state index >= 15 is 0 Å². The van der Waals surface area contributed by atoms with Gasteiger partial charge in [0.25, 0.3) is 0 Å². The van der Waals surface area contributed by atoms with Crippen LogP contribution in [-0.4, -0.2) is 18.3 Å². The summed E-state index contributed by atoms with van der Waals surface area (Å²) >= 11 is 11.5. The summed E-state index contributed by atoms with van der Waals surface area (Å²) in [5, 5.41) is -0.446. The molecule has 0 aromatic heterocycles. The lowest BCUT2D eigenvalue weighted by atomic mass is 10.1. The third kappa shape index (κ3) is 2.82. The molecule has 1 fully saturated rings. The summed E-state index contributed by atoms with van der Waals surface area (Å²) in [6, 6.07) is 3.54. The Morgan fingerprint density at radius 3 is 2.58 bits per heavy atom. The van der Waals surface area contributed by atoms with Crippen LogP contribution in [0, 0.1) is 5.92 Å². The molecular weight excluding hydrogens is 302 g/mol. The van der Waals surface area contributed by atoms with Crippen LogP contribution in [-0.2, 0) is 11.0 Å². The molecule has 1 aromatic rings. The van der Waals surface area contributed by atoms with Crippen LogP contribution in [0.5, 0.6) is 0 Å². The van der Waals surface area contributed by atoms with Crippen molar-refractivity contribution in [2.75, 3.05) is 17.3 Å². The van der Waals surface area contributed by atoms with Gasteiger partial charge in [0.05, 0.1) is 16.3 Å². The highest BCUT2D eigenvalue weighted by Gasteiger charge is 2.37. The van der Waals surface area contributed by atoms with Crippen molar-refractivity contribution in [3.05, 3.63) is 28.8 Å². The normalized spacial score (nSPS) is 20.2. The van der Waals surface area contributed by atoms with E-state index in [0.717, 1.165) is 6.07 Å². The van der Waals surface area contributed by atoms with E-state index in [1.165, 1.54) is 17.0 Å². The highest BCUT2D eigenvalue weighted by molar-refractivity contribution is 6.34. The first-order valence-electron chi connectivity index (χ1n) is 5.56. The summed E-state index contributed by atoms with van der Waals surface area (Å²) in [5.74, 6) is -0.0228. The van der Waals surface area contributed by atoms with E-state index in [1.807, 2.05) is 0 Å². The fourth-order valence-electron chi connectivity index (χ4n) is 2.06. The Morgan fingerprint density at radius 1 is 1.37 bits per heavy atom. The third-order valence-electron chi connectivity index (χ3n) is 3.00. The van der Waals surface area contributed by atoms with E-state index < -0.39 is 16.8 Å². The van der Waals surface area contributed by atoms with Crippen molar-refractivity contribution in [3.63, 3.8) is 0 Å². The number of nitrogens with zero attached hydrogens (tertiary/aromatic N) is 1. The van der Waals surface area contributed by atoms with Crippen molar-refractivity contribution in [1.82, 2.24) is 0 Å². The van der Waals surface area contributed by atoms with Gasteiger partial charge in [0.15, 0.2) is 0 Å². The van der Waals surface area contributed by atoms with E-state index in [1.54, 1.807) is 0 Å². The minimum absolute atomic E-state index is 0.0558. The second-order valence-corrected chi connectivity index (χ2v) is 5.05. The highest BCUT2D eigenvalue weighted by atomic mass is 35.5. The Kier molecular flexibility index (Phi) is 3.97. The molecule has 7 heteroatoms. The molecule has 0 N–H and O–H groups in total. The molecule has 1 saturated heterocycles. The van der Waals surface area contributed by atoms with Crippen LogP contribution in [0.3, 0.4) is 0 Å². The number of anilines is 1. The number of benzene rings is 1. The zero-order valence-electron chi connectivity index (χ0n) is 9.68. The lowest BCUT2D eigenvalue weighted by molar-refractivity contribution is -0.137. The summed E-state index contributed by atoms with van der Waals surface area (Å²) in [6.07, 6.45) is -4.31. The van der Waals surface area contributed by atoms with Gasteiger partial charge in [0.2, 0.25) is 5.91 Å². The molecule has 0 aliphatic carbocycles. The predicted molar refractivity (Wildman–Crippen MR) is 67.6 cm³/mol. The van der Waals surface area contributed by atoms with E-state index in [4.69, 9.17) is 23.2 Å². The van der Waals surface area contributed by atoms with Crippen molar-refractivity contribution < 1.29 is 18.0 Å². The number of hydrogen-bond acceptors (Lipinski definition) is 1. The van der Waals surface area contributed by atoms with Gasteiger partial charge in [-0.2, -0.15) is 13.2 Å². The van der Waals surface area contributed by atoms with Gasteiger partial charge in [-0.05, 0) is 18.1 Å². The molecule has 1 amide bonds. The molecule has 1 unspecified atom stereocenters. The number of alkyl halides is 4. The van der Waals surface area contributed by atoms with Gasteiger partial charge in [-0.1, -0.05) is 17.7 Å². The number of hydrogen-bond donors (Lipinski definition) is 0. The molecular formula is C12H10Cl2F3NO. The quantitative estimate of drug-likeness (QED) is 0.757. The molecule has 2 rings (SSSR count). The predicted octanol–water partition coefficient (Wildman–Crippen LogP) is 3.95. The molecule has 1 aliphatic rings. The Bertz CT molecular complexity index is 504. The van der Waals surface area contributed by atoms with Crippen LogP contribution in [0.4, 0.5) is 18.9 Å². The average molecular weight is 312 g/mol. The van der Waals surface area contributed by atoms with Crippen molar-refractivity contribution in [1.29, 1.82) is 0 Å². The van der Waals surface area contributed by atoms with Gasteiger partial charge in [-0.25, -0.2) is 0 Å². The lowest BCUT2D eigenvalue weighted by Crippen LogP contribution is -2.25. The third-order valence-corrected chi connectivity index (χ3v) is 3.83. The lowest BCUT2D eigenvalue weighted by Gasteiger charge is -2.20. The molecule has 0 bridgehead atoms. The van der Waals surface area contributed by atoms with Crippen LogP contribution >= 0.6 is 23.2 Å². The van der Waals surface area contributed by atoms with Gasteiger partial charge >= 0.3 is 6.18 Å². The number of rotatable bonds is 2. The van der Waals surface area contributed by atoms with Crippen molar-refractivity contribution in [2.24, 2.45) is 5.92 Å². The van der Waals surface area contributed by atoms with Gasteiger partial charge in [0, 0.05) is 18.8 Å². The summed E-state index contributed by atoms with van der Waals surface area (Å²) in [5.41, 5.74) is -0.845. The maximum Gasteiger partial charge on any atom is 0.417 e. The summed E-state index contributed by atoms with van der Waals surface area (Å²) in [4.78, 5) is 13.1. The van der Waals surface area contributed by atoms with Gasteiger partial charge in [-0.15, -0.1) is 11.6 Å². The topological polar surface area (TPSA) is 20.3 Å². The largest absolute Gasteiger partial charge is 0.417 e. The van der Waals surface area contributed by atoms with Crippen LogP contribution < -0.4 is 4.90 Å². The maximum absolute atomic E-state index is 12.7. The molecule has 1 aromatic carbocycles. The molecule has 0 radical (unpaired) electrons. The molecule has 19 heavy (non-hydrogen) atoms. The van der Waals surface area contributed by atoms with E-state index in [2.05, 4.69) is 0 Å². The zero-order valence-corrected chi connectivity index (χ0v) is 11.2. The van der Waals surface area contributed by atoms with E-state index in [0.29, 0.717) is 12.4 Å². The number of amides is 1. The van der Waals surface area contributed by atoms with Crippen molar-refractivity contribution in [2.45, 2.75) is 12.6 Å². The van der Waals surface area contributed by atoms with Crippen LogP contribution in [0.15, 0.2) is 18.2 Å². The molecule has 2 nitrogen and oxygen atoms in total. The minimum atomic E-state index is -4.54. The van der Waals surface area contributed by atoms with Crippen LogP contribution in [0.2, 0.25) is 5.02 Å². The Hall–Kier alpha value is -0.940. The Balaban J connectivity index is 2.39. The first-order chi connectivity index (χ1) is 8.84. The van der Waals surface area contributed by atoms with Gasteiger partial charge in [-0.3, -0.25) is 4.79 Å². The molecule has 1 atom stereocenters. The van der Waals surface area contributed by atoms with Crippen LogP contribution in [0.1, 0.15) is 12.0 Å². The number of halogens is 5. The summed E-state index contributed by atoms with van der Waals surface area (Å²) in [7, 11) is 0. The Labute approximate surface area is 118 Å². The van der Waals surface area contributed by atoms with Crippen molar-refractivity contribution in [3.8, 4) is 0 Å². The number of carbonyl (C=O) groups is 1. The summed E-state index contributed by atoms with van der Waals surface area (Å²) in [6.45, 7) is 0.295. The van der Waals surface area contributed by atoms with E-state index in [9.17, 15) is 18.0 Å². The molecule has 0 saturated carbocycles. The smallest absolute Gasteiger partial charge is 0.311 e. The highest BCUT2D eigenvalue weighted by Crippen LogP contribution is 2.40. The van der Waals surface area contributed by atoms with E-state index in [-0.39, 0.29) is 23.9 Å². The fraction of sp³-hybridized carbons (Fsp3) is 0.417. The molecule has 104 valence electrons. The molecule has 1 heterocycles. The fourth-order valence-corrected chi connectivity index (χ4v) is 2.61. The second kappa shape index (κ2) is 5.21. The van der Waals surface area contributed by atoms with Gasteiger partial charge in [0.1, 0.15) is 0 Å². The van der Waals surface area contributed by atoms with Crippen LogP contribution in [0.25, 0.3) is 0 Å². The first-order valence-corrected chi connectivity index (χ1v) is 6.48. The van der Waals surface area contributed by atoms with Crippen molar-refractivity contribution >= 4 is 34.8 Å². The average Bonchev–Trinajstić information content (AvgIpc) is 2.69. The summed E-state index contributed by atoms with van der Waals surface area (Å²) < 4.78 is 38.2. The minimum Gasteiger partial charge on any atom is -0.311 e. The monoisotopic (exact) mass is 311 g/mol. The second-order valence-electron chi connectivity index (χ2n) is 4.37. The molecule has 0 spiro atoms.